The summed E-state index contributed by atoms with van der Waals surface area (Å²) in [5.74, 6) is 1.80. The second-order valence-electron chi connectivity index (χ2n) is 11.1. The Kier molecular flexibility index (Phi) is 9.58. The van der Waals surface area contributed by atoms with Crippen LogP contribution in [-0.4, -0.2) is 46.6 Å². The van der Waals surface area contributed by atoms with Gasteiger partial charge in [-0.2, -0.15) is 0 Å². The molecule has 2 rings (SSSR count). The molecule has 0 radical (unpaired) electrons. The van der Waals surface area contributed by atoms with Crippen molar-refractivity contribution in [1.29, 1.82) is 0 Å². The molecule has 0 spiro atoms. The minimum absolute atomic E-state index is 0.0876. The van der Waals surface area contributed by atoms with Crippen LogP contribution in [0.3, 0.4) is 0 Å². The summed E-state index contributed by atoms with van der Waals surface area (Å²) in [6, 6.07) is 8.98. The maximum absolute atomic E-state index is 6.30. The summed E-state index contributed by atoms with van der Waals surface area (Å²) in [4.78, 5) is 0. The molecule has 0 aromatic heterocycles. The van der Waals surface area contributed by atoms with E-state index in [2.05, 4.69) is 98.4 Å². The zero-order valence-electron chi connectivity index (χ0n) is 23.3. The summed E-state index contributed by atoms with van der Waals surface area (Å²) >= 11 is 0. The van der Waals surface area contributed by atoms with Gasteiger partial charge in [-0.15, -0.1) is 0 Å². The lowest BCUT2D eigenvalue weighted by Gasteiger charge is -2.34. The van der Waals surface area contributed by atoms with E-state index < -0.39 is 8.07 Å². The number of nitrogens with zero attached hydrogens (tertiary/aromatic N) is 1. The van der Waals surface area contributed by atoms with E-state index in [0.717, 1.165) is 22.1 Å². The topological polar surface area (TPSA) is 40.2 Å². The number of hydrogen-bond donors (Lipinski definition) is 0. The van der Waals surface area contributed by atoms with Gasteiger partial charge in [-0.3, -0.25) is 4.67 Å². The van der Waals surface area contributed by atoms with Gasteiger partial charge in [0.25, 0.3) is 0 Å². The van der Waals surface area contributed by atoms with Crippen molar-refractivity contribution in [3.63, 3.8) is 0 Å². The van der Waals surface area contributed by atoms with Crippen molar-refractivity contribution < 1.29 is 18.9 Å². The minimum atomic E-state index is -0.971. The van der Waals surface area contributed by atoms with E-state index in [0.29, 0.717) is 0 Å². The van der Waals surface area contributed by atoms with Gasteiger partial charge in [0.2, 0.25) is 0 Å². The Morgan fingerprint density at radius 2 is 1.03 bits per heavy atom. The zero-order valence-corrected chi connectivity index (χ0v) is 24.1. The van der Waals surface area contributed by atoms with Gasteiger partial charge in [0.1, 0.15) is 11.5 Å². The molecule has 0 atom stereocenters. The fourth-order valence-corrected chi connectivity index (χ4v) is 6.56. The first-order chi connectivity index (χ1) is 15.7. The van der Waals surface area contributed by atoms with Gasteiger partial charge in [0.15, 0.2) is 13.6 Å². The molecule has 0 fully saturated rings. The van der Waals surface area contributed by atoms with Gasteiger partial charge in [-0.1, -0.05) is 53.7 Å². The monoisotopic (exact) mass is 489 g/mol. The molecule has 2 aromatic carbocycles. The summed E-state index contributed by atoms with van der Waals surface area (Å²) in [6.45, 7) is 18.0. The number of aryl methyl sites for hydroxylation is 2. The van der Waals surface area contributed by atoms with Gasteiger partial charge in [0.05, 0.1) is 0 Å². The quantitative estimate of drug-likeness (QED) is 0.330. The minimum Gasteiger partial charge on any atom is -0.467 e. The molecule has 0 saturated heterocycles. The van der Waals surface area contributed by atoms with E-state index in [1.165, 1.54) is 22.3 Å². The van der Waals surface area contributed by atoms with Crippen molar-refractivity contribution in [2.45, 2.75) is 66.2 Å². The molecule has 0 aliphatic carbocycles. The van der Waals surface area contributed by atoms with E-state index >= 15 is 0 Å². The predicted octanol–water partition coefficient (Wildman–Crippen LogP) is 5.77. The third-order valence-electron chi connectivity index (χ3n) is 5.54. The van der Waals surface area contributed by atoms with Crippen molar-refractivity contribution >= 4 is 18.7 Å². The highest BCUT2D eigenvalue weighted by atomic mass is 31.1. The molecule has 34 heavy (non-hydrogen) atoms. The molecule has 0 aliphatic heterocycles. The molecular formula is C28H44NO4P. The highest BCUT2D eigenvalue weighted by Crippen LogP contribution is 2.47. The molecule has 0 aliphatic rings. The maximum atomic E-state index is 6.30. The van der Waals surface area contributed by atoms with Crippen molar-refractivity contribution in [3.8, 4) is 11.5 Å². The van der Waals surface area contributed by atoms with E-state index in [4.69, 9.17) is 18.9 Å². The van der Waals surface area contributed by atoms with Crippen LogP contribution in [0.25, 0.3) is 0 Å². The number of hydrogen-bond acceptors (Lipinski definition) is 5. The summed E-state index contributed by atoms with van der Waals surface area (Å²) in [5.41, 5.74) is 4.60. The van der Waals surface area contributed by atoms with Gasteiger partial charge in [-0.25, -0.2) is 0 Å². The van der Waals surface area contributed by atoms with E-state index in [-0.39, 0.29) is 24.4 Å². The Bertz CT molecular complexity index is 898. The van der Waals surface area contributed by atoms with Crippen LogP contribution in [0.1, 0.15) is 63.8 Å². The molecule has 5 nitrogen and oxygen atoms in total. The van der Waals surface area contributed by atoms with Gasteiger partial charge < -0.3 is 18.9 Å². The second-order valence-corrected chi connectivity index (χ2v) is 13.5. The summed E-state index contributed by atoms with van der Waals surface area (Å²) in [5, 5.41) is 2.32. The van der Waals surface area contributed by atoms with Crippen LogP contribution in [0.2, 0.25) is 0 Å². The SMILES string of the molecule is COCOc1c(P(c2cc(C)cc(C(C)(C)C)c2OCOC)N(C)C)cc(C)cc1C(C)(C)C. The number of rotatable bonds is 9. The molecule has 0 bridgehead atoms. The lowest BCUT2D eigenvalue weighted by molar-refractivity contribution is 0.0505. The van der Waals surface area contributed by atoms with E-state index in [1.54, 1.807) is 14.2 Å². The lowest BCUT2D eigenvalue weighted by atomic mass is 9.85. The molecule has 0 heterocycles. The van der Waals surface area contributed by atoms with Gasteiger partial charge in [0, 0.05) is 44.0 Å². The third-order valence-corrected chi connectivity index (χ3v) is 7.92. The van der Waals surface area contributed by atoms with E-state index in [1.807, 2.05) is 0 Å². The fourth-order valence-electron chi connectivity index (χ4n) is 4.04. The predicted molar refractivity (Wildman–Crippen MR) is 145 cm³/mol. The number of methoxy groups -OCH3 is 2. The molecule has 0 unspecified atom stereocenters. The van der Waals surface area contributed by atoms with Crippen LogP contribution in [0.5, 0.6) is 11.5 Å². The number of ether oxygens (including phenoxy) is 4. The Hall–Kier alpha value is -1.65. The first kappa shape index (κ1) is 28.6. The molecule has 0 saturated carbocycles. The highest BCUT2D eigenvalue weighted by Gasteiger charge is 2.32. The third kappa shape index (κ3) is 6.73. The van der Waals surface area contributed by atoms with Crippen LogP contribution in [-0.2, 0) is 20.3 Å². The van der Waals surface area contributed by atoms with Crippen molar-refractivity contribution in [3.05, 3.63) is 46.5 Å². The molecule has 6 heteroatoms. The van der Waals surface area contributed by atoms with Crippen LogP contribution < -0.4 is 20.1 Å². The Morgan fingerprint density at radius 1 is 0.676 bits per heavy atom. The van der Waals surface area contributed by atoms with Crippen molar-refractivity contribution in [1.82, 2.24) is 4.67 Å². The molecular weight excluding hydrogens is 445 g/mol. The first-order valence-electron chi connectivity index (χ1n) is 11.7. The standard InChI is InChI=1S/C28H44NO4P/c1-19-13-21(27(3,4)5)25(32-17-30-11)23(15-19)34(29(9)10)24-16-20(2)14-22(28(6,7)8)26(24)33-18-31-12/h13-16H,17-18H2,1-12H3. The summed E-state index contributed by atoms with van der Waals surface area (Å²) in [6.07, 6.45) is 0. The Balaban J connectivity index is 2.94. The first-order valence-corrected chi connectivity index (χ1v) is 13.0. The van der Waals surface area contributed by atoms with Crippen molar-refractivity contribution in [2.75, 3.05) is 41.9 Å². The summed E-state index contributed by atoms with van der Waals surface area (Å²) in [7, 11) is 6.60. The molecule has 0 N–H and O–H groups in total. The second kappa shape index (κ2) is 11.4. The average Bonchev–Trinajstić information content (AvgIpc) is 2.70. The van der Waals surface area contributed by atoms with Crippen LogP contribution in [0.4, 0.5) is 0 Å². The maximum Gasteiger partial charge on any atom is 0.188 e. The smallest absolute Gasteiger partial charge is 0.188 e. The molecule has 0 amide bonds. The zero-order chi connectivity index (χ0) is 25.8. The average molecular weight is 490 g/mol. The lowest BCUT2D eigenvalue weighted by Crippen LogP contribution is -2.30. The number of benzene rings is 2. The van der Waals surface area contributed by atoms with Gasteiger partial charge in [-0.05, 0) is 62.0 Å². The molecule has 2 aromatic rings. The largest absolute Gasteiger partial charge is 0.467 e. The normalized spacial score (nSPS) is 12.5. The Labute approximate surface area is 208 Å². The van der Waals surface area contributed by atoms with Crippen LogP contribution in [0.15, 0.2) is 24.3 Å². The fraction of sp³-hybridized carbons (Fsp3) is 0.571. The van der Waals surface area contributed by atoms with Gasteiger partial charge >= 0.3 is 0 Å². The van der Waals surface area contributed by atoms with Crippen LogP contribution >= 0.6 is 8.07 Å². The van der Waals surface area contributed by atoms with Crippen LogP contribution in [0, 0.1) is 13.8 Å². The summed E-state index contributed by atoms with van der Waals surface area (Å²) < 4.78 is 25.6. The Morgan fingerprint density at radius 3 is 1.29 bits per heavy atom. The van der Waals surface area contributed by atoms with Crippen molar-refractivity contribution in [2.24, 2.45) is 0 Å². The van der Waals surface area contributed by atoms with E-state index in [9.17, 15) is 0 Å². The molecule has 190 valence electrons. The highest BCUT2D eigenvalue weighted by molar-refractivity contribution is 7.71.